The minimum atomic E-state index is 1.17. The van der Waals surface area contributed by atoms with Crippen LogP contribution in [0, 0.1) is 0 Å². The summed E-state index contributed by atoms with van der Waals surface area (Å²) in [7, 11) is 0. The van der Waals surface area contributed by atoms with Crippen LogP contribution in [-0.4, -0.2) is 0 Å². The largest absolute Gasteiger partial charge is 0.0955 e. The molecule has 0 unspecified atom stereocenters. The van der Waals surface area contributed by atoms with Gasteiger partial charge in [0.2, 0.25) is 0 Å². The van der Waals surface area contributed by atoms with Gasteiger partial charge < -0.3 is 0 Å². The first-order chi connectivity index (χ1) is 6.41. The zero-order valence-corrected chi connectivity index (χ0v) is 10.6. The molecule has 0 rings (SSSR count). The Kier molecular flexibility index (Phi) is 5.52. The van der Waals surface area contributed by atoms with Crippen molar-refractivity contribution in [3.63, 3.8) is 0 Å². The molecule has 14 heavy (non-hydrogen) atoms. The summed E-state index contributed by atoms with van der Waals surface area (Å²) < 4.78 is 0. The van der Waals surface area contributed by atoms with Crippen molar-refractivity contribution in [1.29, 1.82) is 0 Å². The molecule has 0 saturated heterocycles. The maximum absolute atomic E-state index is 4.07. The maximum Gasteiger partial charge on any atom is -0.0215 e. The van der Waals surface area contributed by atoms with Crippen molar-refractivity contribution in [2.24, 2.45) is 0 Å². The maximum atomic E-state index is 4.07. The minimum absolute atomic E-state index is 1.17. The van der Waals surface area contributed by atoms with Crippen LogP contribution in [0.15, 0.2) is 34.4 Å². The van der Waals surface area contributed by atoms with Gasteiger partial charge in [-0.3, -0.25) is 0 Å². The van der Waals surface area contributed by atoms with Gasteiger partial charge in [0.15, 0.2) is 0 Å². The Hall–Kier alpha value is -0.780. The molecule has 0 aliphatic heterocycles. The summed E-state index contributed by atoms with van der Waals surface area (Å²) in [6.07, 6.45) is 2.38. The van der Waals surface area contributed by atoms with Gasteiger partial charge in [0.1, 0.15) is 0 Å². The van der Waals surface area contributed by atoms with E-state index < -0.39 is 0 Å². The summed E-state index contributed by atoms with van der Waals surface area (Å²) in [5, 5.41) is 0. The molecular formula is C14H24. The molecule has 0 N–H and O–H groups in total. The summed E-state index contributed by atoms with van der Waals surface area (Å²) in [6, 6.07) is 0. The predicted molar refractivity (Wildman–Crippen MR) is 66.5 cm³/mol. The summed E-state index contributed by atoms with van der Waals surface area (Å²) >= 11 is 0. The topological polar surface area (TPSA) is 0 Å². The Morgan fingerprint density at radius 2 is 1.50 bits per heavy atom. The molecule has 0 aromatic carbocycles. The van der Waals surface area contributed by atoms with Gasteiger partial charge in [0.05, 0.1) is 0 Å². The molecule has 80 valence electrons. The molecule has 0 heteroatoms. The van der Waals surface area contributed by atoms with E-state index in [0.717, 1.165) is 0 Å². The average molecular weight is 192 g/mol. The quantitative estimate of drug-likeness (QED) is 0.548. The van der Waals surface area contributed by atoms with E-state index in [1.165, 1.54) is 40.7 Å². The third-order valence-corrected chi connectivity index (χ3v) is 2.60. The Morgan fingerprint density at radius 1 is 1.00 bits per heavy atom. The summed E-state index contributed by atoms with van der Waals surface area (Å²) in [6.45, 7) is 17.1. The number of hydrogen-bond donors (Lipinski definition) is 0. The van der Waals surface area contributed by atoms with Crippen LogP contribution in [0.3, 0.4) is 0 Å². The third-order valence-electron chi connectivity index (χ3n) is 2.60. The van der Waals surface area contributed by atoms with Crippen LogP contribution in [0.2, 0.25) is 0 Å². The average Bonchev–Trinajstić information content (AvgIpc) is 2.03. The van der Waals surface area contributed by atoms with E-state index in [4.69, 9.17) is 0 Å². The first kappa shape index (κ1) is 13.2. The van der Waals surface area contributed by atoms with E-state index in [-0.39, 0.29) is 0 Å². The zero-order valence-electron chi connectivity index (χ0n) is 10.6. The van der Waals surface area contributed by atoms with Gasteiger partial charge in [0.25, 0.3) is 0 Å². The molecule has 0 atom stereocenters. The first-order valence-electron chi connectivity index (χ1n) is 5.41. The van der Waals surface area contributed by atoms with Crippen LogP contribution in [-0.2, 0) is 0 Å². The van der Waals surface area contributed by atoms with Gasteiger partial charge in [-0.1, -0.05) is 36.6 Å². The van der Waals surface area contributed by atoms with E-state index in [0.29, 0.717) is 0 Å². The minimum Gasteiger partial charge on any atom is -0.0955 e. The molecule has 0 aromatic heterocycles. The van der Waals surface area contributed by atoms with Crippen LogP contribution in [0.4, 0.5) is 0 Å². The van der Waals surface area contributed by atoms with Crippen molar-refractivity contribution < 1.29 is 0 Å². The van der Waals surface area contributed by atoms with Gasteiger partial charge >= 0.3 is 0 Å². The molecule has 0 fully saturated rings. The molecule has 0 aliphatic carbocycles. The van der Waals surface area contributed by atoms with Crippen molar-refractivity contribution >= 4 is 0 Å². The van der Waals surface area contributed by atoms with Crippen molar-refractivity contribution in [3.05, 3.63) is 34.4 Å². The zero-order chi connectivity index (χ0) is 11.3. The third kappa shape index (κ3) is 3.53. The lowest BCUT2D eigenvalue weighted by Gasteiger charge is -2.14. The fourth-order valence-electron chi connectivity index (χ4n) is 1.75. The highest BCUT2D eigenvalue weighted by Crippen LogP contribution is 2.26. The second-order valence-electron chi connectivity index (χ2n) is 4.31. The highest BCUT2D eigenvalue weighted by Gasteiger charge is 2.06. The molecular weight excluding hydrogens is 168 g/mol. The van der Waals surface area contributed by atoms with Crippen molar-refractivity contribution in [1.82, 2.24) is 0 Å². The monoisotopic (exact) mass is 192 g/mol. The van der Waals surface area contributed by atoms with Gasteiger partial charge in [0, 0.05) is 0 Å². The summed E-state index contributed by atoms with van der Waals surface area (Å²) in [5.41, 5.74) is 6.82. The molecule has 0 saturated carbocycles. The number of allylic oxidation sites excluding steroid dienone is 5. The van der Waals surface area contributed by atoms with Crippen LogP contribution in [0.1, 0.15) is 54.4 Å². The van der Waals surface area contributed by atoms with Crippen LogP contribution in [0.5, 0.6) is 0 Å². The fraction of sp³-hybridized carbons (Fsp3) is 0.571. The van der Waals surface area contributed by atoms with Gasteiger partial charge in [-0.15, -0.1) is 0 Å². The van der Waals surface area contributed by atoms with E-state index in [9.17, 15) is 0 Å². The fourth-order valence-corrected chi connectivity index (χ4v) is 1.75. The van der Waals surface area contributed by atoms with Crippen molar-refractivity contribution in [2.45, 2.75) is 54.4 Å². The van der Waals surface area contributed by atoms with E-state index in [1.54, 1.807) is 0 Å². The van der Waals surface area contributed by atoms with E-state index in [1.807, 2.05) is 0 Å². The Balaban J connectivity index is 5.26. The summed E-state index contributed by atoms with van der Waals surface area (Å²) in [5.74, 6) is 0. The molecule has 0 aliphatic rings. The Bertz CT molecular complexity index is 270. The lowest BCUT2D eigenvalue weighted by molar-refractivity contribution is 0.892. The molecule has 0 amide bonds. The second-order valence-corrected chi connectivity index (χ2v) is 4.31. The lowest BCUT2D eigenvalue weighted by Crippen LogP contribution is -1.94. The molecule has 0 radical (unpaired) electrons. The molecule has 0 heterocycles. The van der Waals surface area contributed by atoms with Crippen LogP contribution in [0.25, 0.3) is 0 Å². The Labute approximate surface area is 89.4 Å². The number of hydrogen-bond acceptors (Lipinski definition) is 0. The van der Waals surface area contributed by atoms with Gasteiger partial charge in [-0.2, -0.15) is 0 Å². The molecule has 0 spiro atoms. The normalized spacial score (nSPS) is 12.1. The molecule has 0 bridgehead atoms. The van der Waals surface area contributed by atoms with E-state index >= 15 is 0 Å². The highest BCUT2D eigenvalue weighted by atomic mass is 14.1. The van der Waals surface area contributed by atoms with Crippen molar-refractivity contribution in [3.8, 4) is 0 Å². The van der Waals surface area contributed by atoms with Crippen molar-refractivity contribution in [2.75, 3.05) is 0 Å². The predicted octanol–water partition coefficient (Wildman–Crippen LogP) is 5.04. The first-order valence-corrected chi connectivity index (χ1v) is 5.41. The number of rotatable bonds is 4. The molecule has 0 nitrogen and oxygen atoms in total. The highest BCUT2D eigenvalue weighted by molar-refractivity contribution is 5.47. The van der Waals surface area contributed by atoms with Gasteiger partial charge in [-0.05, 0) is 52.2 Å². The SMILES string of the molecule is C=C(C)/C(C(C)=C(C)C)=C(/C)CCC. The lowest BCUT2D eigenvalue weighted by atomic mass is 9.91. The standard InChI is InChI=1S/C14H24/c1-8-9-12(6)14(11(4)5)13(7)10(2)3/h4,8-9H2,1-3,5-7H3/b14-12+. The van der Waals surface area contributed by atoms with Crippen LogP contribution >= 0.6 is 0 Å². The molecule has 0 aromatic rings. The van der Waals surface area contributed by atoms with Gasteiger partial charge in [-0.25, -0.2) is 0 Å². The second kappa shape index (κ2) is 5.85. The summed E-state index contributed by atoms with van der Waals surface area (Å²) in [4.78, 5) is 0. The Morgan fingerprint density at radius 3 is 1.79 bits per heavy atom. The smallest absolute Gasteiger partial charge is 0.0215 e. The van der Waals surface area contributed by atoms with E-state index in [2.05, 4.69) is 48.1 Å². The van der Waals surface area contributed by atoms with Crippen LogP contribution < -0.4 is 0 Å².